The van der Waals surface area contributed by atoms with Gasteiger partial charge >= 0.3 is 0 Å². The van der Waals surface area contributed by atoms with Gasteiger partial charge in [0.2, 0.25) is 0 Å². The molecule has 0 aromatic heterocycles. The zero-order valence-corrected chi connectivity index (χ0v) is 13.1. The molecule has 1 aliphatic heterocycles. The van der Waals surface area contributed by atoms with Crippen molar-refractivity contribution in [3.05, 3.63) is 0 Å². The molecule has 3 aliphatic rings. The van der Waals surface area contributed by atoms with E-state index in [0.29, 0.717) is 6.42 Å². The van der Waals surface area contributed by atoms with Crippen LogP contribution in [0.15, 0.2) is 0 Å². The molecule has 2 spiro atoms. The van der Waals surface area contributed by atoms with Crippen LogP contribution in [0.5, 0.6) is 0 Å². The van der Waals surface area contributed by atoms with Gasteiger partial charge in [-0.2, -0.15) is 0 Å². The van der Waals surface area contributed by atoms with Crippen LogP contribution in [0.1, 0.15) is 70.6 Å². The first-order valence-electron chi connectivity index (χ1n) is 7.75. The molecule has 0 aromatic rings. The minimum atomic E-state index is -0.440. The van der Waals surface area contributed by atoms with E-state index in [0.717, 1.165) is 51.4 Å². The van der Waals surface area contributed by atoms with Crippen molar-refractivity contribution < 1.29 is 10.0 Å². The van der Waals surface area contributed by atoms with Crippen molar-refractivity contribution in [2.24, 2.45) is 0 Å². The fourth-order valence-corrected chi connectivity index (χ4v) is 5.38. The predicted octanol–water partition coefficient (Wildman–Crippen LogP) is 3.78. The van der Waals surface area contributed by atoms with E-state index in [2.05, 4.69) is 15.9 Å². The lowest BCUT2D eigenvalue weighted by Crippen LogP contribution is -2.69. The Morgan fingerprint density at radius 2 is 1.47 bits per heavy atom. The first-order valence-corrected chi connectivity index (χ1v) is 8.67. The molecule has 1 atom stereocenters. The van der Waals surface area contributed by atoms with Crippen molar-refractivity contribution in [2.45, 2.75) is 86.5 Å². The zero-order chi connectivity index (χ0) is 13.5. The first kappa shape index (κ1) is 14.0. The molecule has 0 bridgehead atoms. The van der Waals surface area contributed by atoms with Crippen molar-refractivity contribution in [3.63, 3.8) is 0 Å². The molecule has 1 unspecified atom stereocenters. The van der Waals surface area contributed by atoms with Crippen LogP contribution in [0.25, 0.3) is 0 Å². The highest BCUT2D eigenvalue weighted by Gasteiger charge is 2.59. The molecule has 107 valence electrons. The van der Waals surface area contributed by atoms with E-state index in [1.807, 2.05) is 0 Å². The van der Waals surface area contributed by atoms with Crippen LogP contribution in [0, 0.1) is 0 Å². The SMILES string of the molecule is [O]N1C2(CCCCC2)CC(=O)C(Br)C12CCCCC2. The molecule has 2 saturated carbocycles. The van der Waals surface area contributed by atoms with E-state index >= 15 is 0 Å². The van der Waals surface area contributed by atoms with Crippen LogP contribution >= 0.6 is 15.9 Å². The van der Waals surface area contributed by atoms with E-state index in [1.165, 1.54) is 17.9 Å². The lowest BCUT2D eigenvalue weighted by molar-refractivity contribution is -0.307. The molecule has 3 fully saturated rings. The third-order valence-electron chi connectivity index (χ3n) is 5.60. The maximum atomic E-state index is 13.2. The van der Waals surface area contributed by atoms with Gasteiger partial charge in [-0.3, -0.25) is 4.79 Å². The first-order chi connectivity index (χ1) is 9.11. The summed E-state index contributed by atoms with van der Waals surface area (Å²) in [7, 11) is 0. The standard InChI is InChI=1S/C15H23BrNO2/c16-13-12(18)11-14(7-3-1-4-8-14)17(19)15(13)9-5-2-6-10-15/h13H,1-11H2. The number of nitrogens with zero attached hydrogens (tertiary/aromatic N) is 1. The Morgan fingerprint density at radius 1 is 0.947 bits per heavy atom. The fourth-order valence-electron chi connectivity index (χ4n) is 4.57. The van der Waals surface area contributed by atoms with Crippen molar-refractivity contribution in [2.75, 3.05) is 0 Å². The summed E-state index contributed by atoms with van der Waals surface area (Å²) in [6, 6.07) is 0. The van der Waals surface area contributed by atoms with Gasteiger partial charge in [-0.25, -0.2) is 0 Å². The maximum Gasteiger partial charge on any atom is 0.150 e. The van der Waals surface area contributed by atoms with Gasteiger partial charge in [-0.15, -0.1) is 10.3 Å². The Kier molecular flexibility index (Phi) is 3.78. The Labute approximate surface area is 123 Å². The second-order valence-electron chi connectivity index (χ2n) is 6.75. The molecule has 0 aromatic carbocycles. The van der Waals surface area contributed by atoms with Crippen LogP contribution < -0.4 is 0 Å². The lowest BCUT2D eigenvalue weighted by Gasteiger charge is -2.57. The van der Waals surface area contributed by atoms with Crippen LogP contribution in [0.2, 0.25) is 0 Å². The number of Topliss-reactive ketones (excluding diaryl/α,β-unsaturated/α-hetero) is 1. The normalized spacial score (nSPS) is 34.8. The van der Waals surface area contributed by atoms with Crippen molar-refractivity contribution in [1.29, 1.82) is 0 Å². The zero-order valence-electron chi connectivity index (χ0n) is 11.5. The van der Waals surface area contributed by atoms with Crippen molar-refractivity contribution in [1.82, 2.24) is 5.06 Å². The maximum absolute atomic E-state index is 13.2. The molecule has 19 heavy (non-hydrogen) atoms. The number of carbonyl (C=O) groups excluding carboxylic acids is 1. The number of alkyl halides is 1. The Balaban J connectivity index is 1.94. The van der Waals surface area contributed by atoms with Gasteiger partial charge < -0.3 is 0 Å². The van der Waals surface area contributed by atoms with Crippen molar-refractivity contribution in [3.8, 4) is 0 Å². The topological polar surface area (TPSA) is 40.2 Å². The molecule has 0 amide bonds. The summed E-state index contributed by atoms with van der Waals surface area (Å²) < 4.78 is 0. The van der Waals surface area contributed by atoms with Gasteiger partial charge in [-0.05, 0) is 25.7 Å². The Morgan fingerprint density at radius 3 is 2.05 bits per heavy atom. The molecule has 1 saturated heterocycles. The predicted molar refractivity (Wildman–Crippen MR) is 76.5 cm³/mol. The third-order valence-corrected chi connectivity index (χ3v) is 6.96. The summed E-state index contributed by atoms with van der Waals surface area (Å²) in [6.45, 7) is 0. The number of hydroxylamine groups is 2. The summed E-state index contributed by atoms with van der Waals surface area (Å²) in [5.74, 6) is 0.274. The highest BCUT2D eigenvalue weighted by Crippen LogP contribution is 2.51. The highest BCUT2D eigenvalue weighted by atomic mass is 79.9. The van der Waals surface area contributed by atoms with Gasteiger partial charge in [0.25, 0.3) is 0 Å². The number of hydrogen-bond acceptors (Lipinski definition) is 2. The number of ketones is 1. The van der Waals surface area contributed by atoms with Gasteiger partial charge in [0.05, 0.1) is 15.9 Å². The Hall–Kier alpha value is 0.0700. The summed E-state index contributed by atoms with van der Waals surface area (Å²) in [5.41, 5.74) is -0.804. The molecule has 4 heteroatoms. The fraction of sp³-hybridized carbons (Fsp3) is 0.933. The second-order valence-corrected chi connectivity index (χ2v) is 7.66. The van der Waals surface area contributed by atoms with E-state index in [-0.39, 0.29) is 16.1 Å². The summed E-state index contributed by atoms with van der Waals surface area (Å²) in [5, 5.41) is 14.6. The quantitative estimate of drug-likeness (QED) is 0.635. The lowest BCUT2D eigenvalue weighted by atomic mass is 9.66. The highest BCUT2D eigenvalue weighted by molar-refractivity contribution is 9.10. The summed E-state index contributed by atoms with van der Waals surface area (Å²) >= 11 is 3.57. The Bertz CT molecular complexity index is 359. The monoisotopic (exact) mass is 328 g/mol. The second kappa shape index (κ2) is 5.12. The van der Waals surface area contributed by atoms with E-state index in [1.54, 1.807) is 0 Å². The third kappa shape index (κ3) is 2.11. The number of hydrogen-bond donors (Lipinski definition) is 0. The molecule has 3 rings (SSSR count). The van der Waals surface area contributed by atoms with Crippen LogP contribution in [-0.4, -0.2) is 26.8 Å². The summed E-state index contributed by atoms with van der Waals surface area (Å²) in [4.78, 5) is 12.2. The molecular weight excluding hydrogens is 306 g/mol. The molecule has 3 nitrogen and oxygen atoms in total. The van der Waals surface area contributed by atoms with Crippen molar-refractivity contribution >= 4 is 21.7 Å². The van der Waals surface area contributed by atoms with E-state index in [9.17, 15) is 10.0 Å². The van der Waals surface area contributed by atoms with Gasteiger partial charge in [-0.1, -0.05) is 54.5 Å². The average Bonchev–Trinajstić information content (AvgIpc) is 2.46. The van der Waals surface area contributed by atoms with Crippen LogP contribution in [-0.2, 0) is 10.0 Å². The number of halogens is 1. The molecule has 0 N–H and O–H groups in total. The average molecular weight is 329 g/mol. The number of carbonyl (C=O) groups is 1. The molecule has 2 aliphatic carbocycles. The van der Waals surface area contributed by atoms with Gasteiger partial charge in [0.1, 0.15) is 5.78 Å². The molecule has 1 radical (unpaired) electrons. The minimum absolute atomic E-state index is 0.245. The van der Waals surface area contributed by atoms with Crippen LogP contribution in [0.4, 0.5) is 0 Å². The van der Waals surface area contributed by atoms with E-state index < -0.39 is 5.54 Å². The van der Waals surface area contributed by atoms with E-state index in [4.69, 9.17) is 0 Å². The molecule has 1 heterocycles. The van der Waals surface area contributed by atoms with Crippen LogP contribution in [0.3, 0.4) is 0 Å². The largest absolute Gasteiger partial charge is 0.298 e. The minimum Gasteiger partial charge on any atom is -0.298 e. The number of piperidine rings is 1. The number of rotatable bonds is 0. The summed E-state index contributed by atoms with van der Waals surface area (Å²) in [6.07, 6.45) is 10.9. The van der Waals surface area contributed by atoms with Gasteiger partial charge in [0, 0.05) is 6.42 Å². The van der Waals surface area contributed by atoms with Gasteiger partial charge in [0.15, 0.2) is 0 Å². The molecular formula is C15H23BrNO2. The smallest absolute Gasteiger partial charge is 0.150 e.